The van der Waals surface area contributed by atoms with Gasteiger partial charge in [-0.2, -0.15) is 13.2 Å². The normalized spacial score (nSPS) is 21.8. The Labute approximate surface area is 193 Å². The Bertz CT molecular complexity index is 1270. The molecule has 0 spiro atoms. The minimum atomic E-state index is -4.74. The van der Waals surface area contributed by atoms with E-state index in [1.165, 1.54) is 11.8 Å². The van der Waals surface area contributed by atoms with E-state index in [9.17, 15) is 18.0 Å². The number of carbonyl (C=O) groups excluding carboxylic acids is 1. The molecular weight excluding hydrogens is 447 g/mol. The number of nitrogens with two attached hydrogens (primary N) is 1. The van der Waals surface area contributed by atoms with E-state index in [2.05, 4.69) is 24.9 Å². The monoisotopic (exact) mass is 469 g/mol. The van der Waals surface area contributed by atoms with E-state index in [-0.39, 0.29) is 34.7 Å². The summed E-state index contributed by atoms with van der Waals surface area (Å²) < 4.78 is 41.8. The quantitative estimate of drug-likeness (QED) is 0.622. The largest absolute Gasteiger partial charge is 0.435 e. The van der Waals surface area contributed by atoms with Crippen LogP contribution in [-0.2, 0) is 6.18 Å². The minimum absolute atomic E-state index is 0.00192. The number of pyridine rings is 1. The molecule has 3 aromatic heterocycles. The van der Waals surface area contributed by atoms with E-state index >= 15 is 0 Å². The molecule has 2 fully saturated rings. The zero-order valence-electron chi connectivity index (χ0n) is 18.5. The first-order chi connectivity index (χ1) is 16.1. The third-order valence-corrected chi connectivity index (χ3v) is 6.42. The molecule has 1 amide bonds. The van der Waals surface area contributed by atoms with E-state index in [1.54, 1.807) is 37.5 Å². The van der Waals surface area contributed by atoms with Gasteiger partial charge in [0.15, 0.2) is 11.5 Å². The summed E-state index contributed by atoms with van der Waals surface area (Å²) in [5, 5.41) is 0. The van der Waals surface area contributed by atoms with Gasteiger partial charge in [0.25, 0.3) is 5.91 Å². The van der Waals surface area contributed by atoms with Gasteiger partial charge in [0.2, 0.25) is 0 Å². The zero-order valence-corrected chi connectivity index (χ0v) is 18.5. The summed E-state index contributed by atoms with van der Waals surface area (Å²) >= 11 is 0. The van der Waals surface area contributed by atoms with Crippen LogP contribution in [0.2, 0.25) is 0 Å². The van der Waals surface area contributed by atoms with E-state index in [4.69, 9.17) is 5.73 Å². The van der Waals surface area contributed by atoms with Gasteiger partial charge in [0.1, 0.15) is 11.5 Å². The van der Waals surface area contributed by atoms with Crippen LogP contribution in [0.15, 0.2) is 30.6 Å². The Morgan fingerprint density at radius 2 is 1.79 bits per heavy atom. The van der Waals surface area contributed by atoms with Crippen molar-refractivity contribution in [3.05, 3.63) is 59.1 Å². The van der Waals surface area contributed by atoms with Crippen molar-refractivity contribution in [3.8, 4) is 11.4 Å². The van der Waals surface area contributed by atoms with Crippen molar-refractivity contribution < 1.29 is 18.0 Å². The van der Waals surface area contributed by atoms with Crippen molar-refractivity contribution in [2.24, 2.45) is 11.8 Å². The number of anilines is 1. The van der Waals surface area contributed by atoms with Crippen molar-refractivity contribution in [1.29, 1.82) is 0 Å². The number of halogens is 3. The van der Waals surface area contributed by atoms with Crippen LogP contribution >= 0.6 is 0 Å². The molecule has 2 aliphatic rings. The molecule has 1 saturated heterocycles. The molecule has 3 unspecified atom stereocenters. The number of likely N-dealkylation sites (tertiary alicyclic amines) is 1. The molecular formula is C23H22F3N7O. The van der Waals surface area contributed by atoms with Crippen molar-refractivity contribution in [1.82, 2.24) is 29.8 Å². The molecule has 3 aromatic rings. The lowest BCUT2D eigenvalue weighted by molar-refractivity contribution is -0.143. The third-order valence-electron chi connectivity index (χ3n) is 6.42. The third kappa shape index (κ3) is 3.95. The van der Waals surface area contributed by atoms with Gasteiger partial charge in [0.05, 0.1) is 23.0 Å². The Kier molecular flexibility index (Phi) is 5.22. The highest BCUT2D eigenvalue weighted by Gasteiger charge is 2.51. The second kappa shape index (κ2) is 8.00. The number of carbonyl (C=O) groups is 1. The smallest absolute Gasteiger partial charge is 0.382 e. The van der Waals surface area contributed by atoms with Gasteiger partial charge >= 0.3 is 6.18 Å². The van der Waals surface area contributed by atoms with Crippen LogP contribution in [0.5, 0.6) is 0 Å². The molecule has 1 aliphatic heterocycles. The van der Waals surface area contributed by atoms with E-state index in [0.29, 0.717) is 30.0 Å². The predicted octanol–water partition coefficient (Wildman–Crippen LogP) is 3.77. The summed E-state index contributed by atoms with van der Waals surface area (Å²) in [5.41, 5.74) is 5.54. The number of fused-ring (bicyclic) bond motifs is 1. The fourth-order valence-corrected chi connectivity index (χ4v) is 4.56. The Morgan fingerprint density at radius 1 is 1.06 bits per heavy atom. The summed E-state index contributed by atoms with van der Waals surface area (Å²) in [7, 11) is 0. The summed E-state index contributed by atoms with van der Waals surface area (Å²) in [5.74, 6) is 0.218. The first-order valence-corrected chi connectivity index (χ1v) is 10.9. The molecule has 8 nitrogen and oxygen atoms in total. The second-order valence-electron chi connectivity index (χ2n) is 8.81. The molecule has 34 heavy (non-hydrogen) atoms. The molecule has 0 radical (unpaired) electrons. The molecule has 5 rings (SSSR count). The maximum atomic E-state index is 13.9. The summed E-state index contributed by atoms with van der Waals surface area (Å²) in [6.45, 7) is 3.43. The zero-order chi connectivity index (χ0) is 24.2. The number of aromatic nitrogens is 5. The number of piperidine rings is 1. The first kappa shape index (κ1) is 22.2. The van der Waals surface area contributed by atoms with Gasteiger partial charge < -0.3 is 10.6 Å². The predicted molar refractivity (Wildman–Crippen MR) is 116 cm³/mol. The number of amides is 1. The number of aryl methyl sites for hydroxylation is 2. The SMILES string of the molecule is Cc1ccc(-c2ncccn2)c(C(=O)N2CC3CC3CC2c2nc(N)c(C)nc2C(F)(F)F)n1. The second-order valence-corrected chi connectivity index (χ2v) is 8.81. The molecule has 0 aromatic carbocycles. The lowest BCUT2D eigenvalue weighted by atomic mass is 9.96. The molecule has 0 bridgehead atoms. The molecule has 1 aliphatic carbocycles. The number of hydrogen-bond acceptors (Lipinski definition) is 7. The van der Waals surface area contributed by atoms with Gasteiger partial charge in [-0.3, -0.25) is 4.79 Å². The number of alkyl halides is 3. The van der Waals surface area contributed by atoms with Crippen molar-refractivity contribution in [2.75, 3.05) is 12.3 Å². The molecule has 2 N–H and O–H groups in total. The van der Waals surface area contributed by atoms with Crippen LogP contribution < -0.4 is 5.73 Å². The highest BCUT2D eigenvalue weighted by molar-refractivity contribution is 5.98. The first-order valence-electron chi connectivity index (χ1n) is 10.9. The van der Waals surface area contributed by atoms with Gasteiger partial charge in [-0.25, -0.2) is 24.9 Å². The maximum Gasteiger partial charge on any atom is 0.435 e. The minimum Gasteiger partial charge on any atom is -0.382 e. The van der Waals surface area contributed by atoms with Crippen LogP contribution in [0.25, 0.3) is 11.4 Å². The van der Waals surface area contributed by atoms with Crippen LogP contribution in [-0.4, -0.2) is 42.3 Å². The maximum absolute atomic E-state index is 13.9. The van der Waals surface area contributed by atoms with Crippen molar-refractivity contribution >= 4 is 11.7 Å². The molecule has 176 valence electrons. The Morgan fingerprint density at radius 3 is 2.50 bits per heavy atom. The summed E-state index contributed by atoms with van der Waals surface area (Å²) in [4.78, 5) is 36.0. The van der Waals surface area contributed by atoms with E-state index in [1.807, 2.05) is 0 Å². The summed E-state index contributed by atoms with van der Waals surface area (Å²) in [6.07, 6.45) is -0.420. The van der Waals surface area contributed by atoms with Crippen LogP contribution in [0.4, 0.5) is 19.0 Å². The highest BCUT2D eigenvalue weighted by atomic mass is 19.4. The van der Waals surface area contributed by atoms with Crippen LogP contribution in [0.1, 0.15) is 52.1 Å². The Balaban J connectivity index is 1.62. The topological polar surface area (TPSA) is 111 Å². The van der Waals surface area contributed by atoms with Gasteiger partial charge in [-0.05, 0) is 56.7 Å². The van der Waals surface area contributed by atoms with E-state index < -0.39 is 23.8 Å². The lowest BCUT2D eigenvalue weighted by Gasteiger charge is -2.36. The molecule has 3 atom stereocenters. The number of nitrogen functional groups attached to an aromatic ring is 1. The average Bonchev–Trinajstić information content (AvgIpc) is 3.57. The number of nitrogens with zero attached hydrogens (tertiary/aromatic N) is 6. The van der Waals surface area contributed by atoms with Crippen LogP contribution in [0.3, 0.4) is 0 Å². The standard InChI is InChI=1S/C23H22F3N7O/c1-11-4-5-15(21-28-6-3-7-29-21)17(30-11)22(34)33-10-14-8-13(14)9-16(33)18-19(23(24,25)26)31-12(2)20(27)32-18/h3-7,13-14,16H,8-10H2,1-2H3,(H2,27,32). The van der Waals surface area contributed by atoms with Crippen LogP contribution in [0, 0.1) is 25.7 Å². The molecule has 4 heterocycles. The van der Waals surface area contributed by atoms with E-state index in [0.717, 1.165) is 6.42 Å². The van der Waals surface area contributed by atoms with Crippen molar-refractivity contribution in [3.63, 3.8) is 0 Å². The van der Waals surface area contributed by atoms with Gasteiger partial charge in [-0.1, -0.05) is 0 Å². The molecule has 1 saturated carbocycles. The molecule has 11 heteroatoms. The lowest BCUT2D eigenvalue weighted by Crippen LogP contribution is -2.41. The summed E-state index contributed by atoms with van der Waals surface area (Å²) in [6, 6.07) is 4.17. The Hall–Kier alpha value is -3.63. The number of hydrogen-bond donors (Lipinski definition) is 1. The average molecular weight is 469 g/mol. The van der Waals surface area contributed by atoms with Gasteiger partial charge in [-0.15, -0.1) is 0 Å². The highest BCUT2D eigenvalue weighted by Crippen LogP contribution is 2.52. The fraction of sp³-hybridized carbons (Fsp3) is 0.391. The van der Waals surface area contributed by atoms with Crippen molar-refractivity contribution in [2.45, 2.75) is 38.9 Å². The fourth-order valence-electron chi connectivity index (χ4n) is 4.56. The van der Waals surface area contributed by atoms with Gasteiger partial charge in [0, 0.05) is 24.6 Å². The number of rotatable bonds is 3.